The van der Waals surface area contributed by atoms with Crippen molar-refractivity contribution < 1.29 is 14.6 Å². The summed E-state index contributed by atoms with van der Waals surface area (Å²) in [6, 6.07) is 9.86. The third kappa shape index (κ3) is 3.59. The Bertz CT molecular complexity index is 1320. The van der Waals surface area contributed by atoms with Gasteiger partial charge in [-0.25, -0.2) is 14.5 Å². The molecule has 0 amide bonds. The molecule has 5 rings (SSSR count). The summed E-state index contributed by atoms with van der Waals surface area (Å²) in [6.45, 7) is 0. The van der Waals surface area contributed by atoms with Crippen molar-refractivity contribution in [2.75, 3.05) is 12.8 Å². The second kappa shape index (κ2) is 8.27. The van der Waals surface area contributed by atoms with Crippen molar-refractivity contribution in [3.63, 3.8) is 0 Å². The van der Waals surface area contributed by atoms with Gasteiger partial charge in [-0.05, 0) is 53.7 Å². The van der Waals surface area contributed by atoms with Gasteiger partial charge in [0.1, 0.15) is 5.82 Å². The van der Waals surface area contributed by atoms with Crippen LogP contribution < -0.4 is 5.73 Å². The Balaban J connectivity index is 1.52. The minimum atomic E-state index is -1.13. The van der Waals surface area contributed by atoms with Gasteiger partial charge in [-0.3, -0.25) is 0 Å². The van der Waals surface area contributed by atoms with Crippen LogP contribution in [0, 0.1) is 0 Å². The second-order valence-electron chi connectivity index (χ2n) is 8.28. The molecule has 0 unspecified atom stereocenters. The molecule has 3 N–H and O–H groups in total. The van der Waals surface area contributed by atoms with Crippen LogP contribution >= 0.6 is 15.9 Å². The van der Waals surface area contributed by atoms with Gasteiger partial charge in [-0.1, -0.05) is 18.2 Å². The molecule has 0 atom stereocenters. The number of fused-ring (bicyclic) bond motifs is 1. The van der Waals surface area contributed by atoms with E-state index in [4.69, 9.17) is 15.5 Å². The van der Waals surface area contributed by atoms with Gasteiger partial charge in [0.15, 0.2) is 11.2 Å². The van der Waals surface area contributed by atoms with Crippen LogP contribution in [0.15, 0.2) is 53.4 Å². The summed E-state index contributed by atoms with van der Waals surface area (Å²) in [7, 11) is 1.46. The number of nitrogens with two attached hydrogens (primary N) is 1. The van der Waals surface area contributed by atoms with E-state index in [-0.39, 0.29) is 5.92 Å². The van der Waals surface area contributed by atoms with E-state index < -0.39 is 11.6 Å². The van der Waals surface area contributed by atoms with Crippen LogP contribution in [-0.4, -0.2) is 48.2 Å². The number of nitrogens with zero attached hydrogens (tertiary/aromatic N) is 5. The first-order chi connectivity index (χ1) is 15.9. The molecule has 170 valence electrons. The molecule has 1 saturated carbocycles. The molecular formula is C23H23BrN6O3. The van der Waals surface area contributed by atoms with Crippen molar-refractivity contribution in [2.24, 2.45) is 0 Å². The fourth-order valence-electron chi connectivity index (χ4n) is 4.53. The molecule has 4 aromatic rings. The van der Waals surface area contributed by atoms with Crippen LogP contribution in [0.25, 0.3) is 22.5 Å². The Kier molecular flexibility index (Phi) is 5.41. The number of aromatic nitrogens is 5. The van der Waals surface area contributed by atoms with Gasteiger partial charge in [0.05, 0.1) is 28.2 Å². The summed E-state index contributed by atoms with van der Waals surface area (Å²) >= 11 is 3.60. The van der Waals surface area contributed by atoms with Gasteiger partial charge in [-0.2, -0.15) is 14.7 Å². The smallest absolute Gasteiger partial charge is 0.335 e. The highest BCUT2D eigenvalue weighted by Crippen LogP contribution is 2.43. The summed E-state index contributed by atoms with van der Waals surface area (Å²) in [4.78, 5) is 16.7. The number of halogens is 1. The summed E-state index contributed by atoms with van der Waals surface area (Å²) in [5, 5.41) is 18.5. The topological polar surface area (TPSA) is 121 Å². The quantitative estimate of drug-likeness (QED) is 0.415. The average molecular weight is 511 g/mol. The zero-order chi connectivity index (χ0) is 23.2. The Morgan fingerprint density at radius 3 is 2.61 bits per heavy atom. The number of anilines is 1. The summed E-state index contributed by atoms with van der Waals surface area (Å²) in [5.41, 5.74) is 9.39. The van der Waals surface area contributed by atoms with E-state index in [1.807, 2.05) is 36.5 Å². The van der Waals surface area contributed by atoms with E-state index in [2.05, 4.69) is 26.1 Å². The average Bonchev–Trinajstić information content (AvgIpc) is 3.49. The predicted molar refractivity (Wildman–Crippen MR) is 126 cm³/mol. The molecule has 3 aromatic heterocycles. The number of ether oxygens (including phenoxy) is 1. The maximum Gasteiger partial charge on any atom is 0.335 e. The lowest BCUT2D eigenvalue weighted by atomic mass is 9.77. The molecule has 9 nitrogen and oxygen atoms in total. The summed E-state index contributed by atoms with van der Waals surface area (Å²) in [6.07, 6.45) is 7.56. The monoisotopic (exact) mass is 510 g/mol. The van der Waals surface area contributed by atoms with Crippen molar-refractivity contribution >= 4 is 33.4 Å². The third-order valence-corrected chi connectivity index (χ3v) is 7.34. The van der Waals surface area contributed by atoms with Gasteiger partial charge >= 0.3 is 5.97 Å². The van der Waals surface area contributed by atoms with Crippen LogP contribution in [0.5, 0.6) is 0 Å². The molecule has 10 heteroatoms. The number of carbonyl (C=O) groups is 1. The normalized spacial score (nSPS) is 20.8. The zero-order valence-corrected chi connectivity index (χ0v) is 19.6. The molecule has 0 saturated heterocycles. The zero-order valence-electron chi connectivity index (χ0n) is 18.0. The number of hydrogen-bond acceptors (Lipinski definition) is 6. The molecule has 0 aliphatic heterocycles. The van der Waals surface area contributed by atoms with E-state index in [1.54, 1.807) is 21.6 Å². The predicted octanol–water partition coefficient (Wildman–Crippen LogP) is 4.05. The molecule has 0 bridgehead atoms. The van der Waals surface area contributed by atoms with Crippen molar-refractivity contribution in [3.8, 4) is 16.8 Å². The molecular weight excluding hydrogens is 488 g/mol. The molecule has 0 radical (unpaired) electrons. The highest BCUT2D eigenvalue weighted by molar-refractivity contribution is 9.10. The largest absolute Gasteiger partial charge is 0.479 e. The molecule has 33 heavy (non-hydrogen) atoms. The highest BCUT2D eigenvalue weighted by atomic mass is 79.9. The number of nitrogen functional groups attached to an aromatic ring is 1. The molecule has 1 aromatic carbocycles. The number of carboxylic acids is 1. The van der Waals surface area contributed by atoms with Gasteiger partial charge < -0.3 is 15.6 Å². The lowest BCUT2D eigenvalue weighted by Gasteiger charge is -2.35. The lowest BCUT2D eigenvalue weighted by Crippen LogP contribution is -2.43. The molecule has 1 fully saturated rings. The van der Waals surface area contributed by atoms with E-state index in [0.717, 1.165) is 22.5 Å². The van der Waals surface area contributed by atoms with Crippen LogP contribution in [-0.2, 0) is 9.53 Å². The molecule has 1 aliphatic rings. The number of aliphatic carboxylic acids is 1. The van der Waals surface area contributed by atoms with E-state index in [0.29, 0.717) is 41.6 Å². The van der Waals surface area contributed by atoms with Crippen LogP contribution in [0.2, 0.25) is 0 Å². The maximum absolute atomic E-state index is 11.7. The Morgan fingerprint density at radius 1 is 1.21 bits per heavy atom. The van der Waals surface area contributed by atoms with E-state index in [9.17, 15) is 9.90 Å². The first-order valence-corrected chi connectivity index (χ1v) is 11.4. The highest BCUT2D eigenvalue weighted by Gasteiger charge is 2.43. The van der Waals surface area contributed by atoms with Crippen LogP contribution in [0.4, 0.5) is 5.82 Å². The van der Waals surface area contributed by atoms with Crippen LogP contribution in [0.3, 0.4) is 0 Å². The van der Waals surface area contributed by atoms with E-state index in [1.165, 1.54) is 7.11 Å². The molecule has 1 aliphatic carbocycles. The number of hydrogen-bond donors (Lipinski definition) is 2. The minimum absolute atomic E-state index is 0.0593. The number of para-hydroxylation sites is 1. The number of rotatable bonds is 5. The standard InChI is InChI=1S/C23H23BrN6O3/c1-33-23(22(31)32)9-7-14(8-10-23)19-18(24)20(25)30-21(28-19)17(12-27-30)15-11-26-29(13-15)16-5-3-2-4-6-16/h2-6,11-14H,7-10,25H2,1H3,(H,31,32)/t14-,23+. The van der Waals surface area contributed by atoms with Gasteiger partial charge in [0, 0.05) is 30.4 Å². The van der Waals surface area contributed by atoms with Crippen molar-refractivity contribution in [3.05, 3.63) is 59.1 Å². The maximum atomic E-state index is 11.7. The van der Waals surface area contributed by atoms with Crippen molar-refractivity contribution in [1.29, 1.82) is 0 Å². The van der Waals surface area contributed by atoms with E-state index >= 15 is 0 Å². The first kappa shape index (κ1) is 21.6. The van der Waals surface area contributed by atoms with Crippen molar-refractivity contribution in [1.82, 2.24) is 24.4 Å². The van der Waals surface area contributed by atoms with Gasteiger partial charge in [-0.15, -0.1) is 0 Å². The SMILES string of the molecule is CO[C@]1(C(=O)O)CC[C@H](c2nc3c(-c4cnn(-c5ccccc5)c4)cnn3c(N)c2Br)CC1. The summed E-state index contributed by atoms with van der Waals surface area (Å²) < 4.78 is 9.48. The number of benzene rings is 1. The minimum Gasteiger partial charge on any atom is -0.479 e. The second-order valence-corrected chi connectivity index (χ2v) is 9.07. The Hall–Kier alpha value is -3.24. The van der Waals surface area contributed by atoms with Gasteiger partial charge in [0.25, 0.3) is 0 Å². The first-order valence-electron chi connectivity index (χ1n) is 10.6. The fraction of sp³-hybridized carbons (Fsp3) is 0.304. The molecule has 0 spiro atoms. The number of carboxylic acid groups (broad SMARTS) is 1. The molecule has 3 heterocycles. The summed E-state index contributed by atoms with van der Waals surface area (Å²) in [5.74, 6) is -0.401. The van der Waals surface area contributed by atoms with Crippen molar-refractivity contribution in [2.45, 2.75) is 37.2 Å². The fourth-order valence-corrected chi connectivity index (χ4v) is 5.11. The Labute approximate surface area is 198 Å². The van der Waals surface area contributed by atoms with Crippen LogP contribution in [0.1, 0.15) is 37.3 Å². The van der Waals surface area contributed by atoms with Gasteiger partial charge in [0.2, 0.25) is 0 Å². The lowest BCUT2D eigenvalue weighted by molar-refractivity contribution is -0.166. The number of methoxy groups -OCH3 is 1. The third-order valence-electron chi connectivity index (χ3n) is 6.52. The Morgan fingerprint density at radius 2 is 1.94 bits per heavy atom.